The number of halogens is 1. The maximum Gasteiger partial charge on any atom is 0.346 e. The van der Waals surface area contributed by atoms with Crippen LogP contribution in [-0.2, 0) is 16.1 Å². The third-order valence-corrected chi connectivity index (χ3v) is 7.66. The molecule has 0 radical (unpaired) electrons. The van der Waals surface area contributed by atoms with Gasteiger partial charge in [-0.3, -0.25) is 4.79 Å². The molecule has 4 aromatic rings. The van der Waals surface area contributed by atoms with Crippen LogP contribution in [0.15, 0.2) is 60.7 Å². The van der Waals surface area contributed by atoms with Crippen LogP contribution < -0.4 is 10.1 Å². The summed E-state index contributed by atoms with van der Waals surface area (Å²) in [5.74, 6) is 0.362. The van der Waals surface area contributed by atoms with Gasteiger partial charge in [-0.2, -0.15) is 0 Å². The van der Waals surface area contributed by atoms with Crippen molar-refractivity contribution < 1.29 is 19.1 Å². The van der Waals surface area contributed by atoms with Crippen molar-refractivity contribution in [2.45, 2.75) is 66.2 Å². The molecule has 0 spiro atoms. The molecule has 1 amide bonds. The van der Waals surface area contributed by atoms with E-state index in [0.717, 1.165) is 33.3 Å². The second-order valence-electron chi connectivity index (χ2n) is 10.6. The number of methoxy groups -OCH3 is 1. The third-order valence-electron chi connectivity index (χ3n) is 7.44. The highest BCUT2D eigenvalue weighted by Gasteiger charge is 2.18. The lowest BCUT2D eigenvalue weighted by Gasteiger charge is -2.17. The largest absolute Gasteiger partial charge is 0.479 e. The van der Waals surface area contributed by atoms with E-state index in [4.69, 9.17) is 21.1 Å². The number of nitrogens with zero attached hydrogens (tertiary/aromatic N) is 1. The molecule has 6 nitrogen and oxygen atoms in total. The Hall–Kier alpha value is -3.77. The number of nitrogens with one attached hydrogen (secondary N) is 1. The minimum absolute atomic E-state index is 0.106. The molecule has 2 unspecified atom stereocenters. The first kappa shape index (κ1) is 29.2. The molecular weight excluding hydrogens is 524 g/mol. The number of carbonyl (C=O) groups excluding carboxylic acids is 2. The Balaban J connectivity index is 1.57. The van der Waals surface area contributed by atoms with Crippen LogP contribution in [0.5, 0.6) is 5.75 Å². The predicted octanol–water partition coefficient (Wildman–Crippen LogP) is 7.51. The smallest absolute Gasteiger partial charge is 0.346 e. The van der Waals surface area contributed by atoms with Crippen LogP contribution >= 0.6 is 11.6 Å². The molecule has 1 heterocycles. The summed E-state index contributed by atoms with van der Waals surface area (Å²) in [6.45, 7) is 12.7. The quantitative estimate of drug-likeness (QED) is 0.215. The van der Waals surface area contributed by atoms with Crippen LogP contribution in [0.25, 0.3) is 10.9 Å². The van der Waals surface area contributed by atoms with E-state index in [1.807, 2.05) is 43.3 Å². The van der Waals surface area contributed by atoms with Gasteiger partial charge in [-0.05, 0) is 92.3 Å². The van der Waals surface area contributed by atoms with Crippen molar-refractivity contribution in [1.82, 2.24) is 9.88 Å². The molecule has 40 heavy (non-hydrogen) atoms. The summed E-state index contributed by atoms with van der Waals surface area (Å²) >= 11 is 6.39. The number of hydrogen-bond donors (Lipinski definition) is 1. The molecule has 1 N–H and O–H groups in total. The zero-order valence-electron chi connectivity index (χ0n) is 24.2. The summed E-state index contributed by atoms with van der Waals surface area (Å²) in [5, 5.41) is 4.70. The summed E-state index contributed by atoms with van der Waals surface area (Å²) in [7, 11) is 1.33. The Kier molecular flexibility index (Phi) is 8.89. The second kappa shape index (κ2) is 12.2. The Morgan fingerprint density at radius 1 is 0.950 bits per heavy atom. The van der Waals surface area contributed by atoms with E-state index in [1.165, 1.54) is 12.7 Å². The van der Waals surface area contributed by atoms with Crippen LogP contribution in [0.1, 0.15) is 78.0 Å². The maximum absolute atomic E-state index is 13.2. The Bertz CT molecular complexity index is 1560. The van der Waals surface area contributed by atoms with Gasteiger partial charge in [0.05, 0.1) is 13.2 Å². The standard InChI is InChI=1S/C33H37ClN2O4/c1-19(2)25-9-8-10-26(15-25)21(4)35-32(37)27-11-12-31-30(16-27)20(3)22(5)36(31)18-24-13-28(34)17-29(14-24)40-23(6)33(38)39-7/h8-17,19,21,23H,18H2,1-7H3,(H,35,37). The number of carbonyl (C=O) groups is 2. The molecule has 0 fully saturated rings. The van der Waals surface area contributed by atoms with Crippen molar-refractivity contribution in [2.24, 2.45) is 0 Å². The topological polar surface area (TPSA) is 69.6 Å². The van der Waals surface area contributed by atoms with Gasteiger partial charge in [-0.15, -0.1) is 0 Å². The summed E-state index contributed by atoms with van der Waals surface area (Å²) in [6, 6.07) is 19.5. The van der Waals surface area contributed by atoms with E-state index in [1.54, 1.807) is 13.0 Å². The summed E-state index contributed by atoms with van der Waals surface area (Å²) in [4.78, 5) is 25.0. The number of rotatable bonds is 9. The number of esters is 1. The third kappa shape index (κ3) is 6.34. The Labute approximate surface area is 241 Å². The number of ether oxygens (including phenoxy) is 2. The predicted molar refractivity (Wildman–Crippen MR) is 160 cm³/mol. The normalized spacial score (nSPS) is 12.8. The maximum atomic E-state index is 13.2. The van der Waals surface area contributed by atoms with Gasteiger partial charge in [0, 0.05) is 33.7 Å². The highest BCUT2D eigenvalue weighted by molar-refractivity contribution is 6.30. The lowest BCUT2D eigenvalue weighted by atomic mass is 9.98. The van der Waals surface area contributed by atoms with Crippen LogP contribution in [0.2, 0.25) is 5.02 Å². The van der Waals surface area contributed by atoms with Gasteiger partial charge in [0.2, 0.25) is 0 Å². The highest BCUT2D eigenvalue weighted by Crippen LogP contribution is 2.30. The Morgan fingerprint density at radius 2 is 1.68 bits per heavy atom. The molecule has 1 aromatic heterocycles. The van der Waals surface area contributed by atoms with Gasteiger partial charge < -0.3 is 19.4 Å². The van der Waals surface area contributed by atoms with E-state index >= 15 is 0 Å². The molecule has 210 valence electrons. The van der Waals surface area contributed by atoms with Crippen molar-refractivity contribution in [3.8, 4) is 5.75 Å². The number of aromatic nitrogens is 1. The SMILES string of the molecule is COC(=O)C(C)Oc1cc(Cl)cc(Cn2c(C)c(C)c3cc(C(=O)NC(C)c4cccc(C(C)C)c4)ccc32)c1. The molecule has 0 aliphatic rings. The molecule has 7 heteroatoms. The summed E-state index contributed by atoms with van der Waals surface area (Å²) in [5.41, 5.74) is 7.12. The number of hydrogen-bond acceptors (Lipinski definition) is 4. The first-order valence-electron chi connectivity index (χ1n) is 13.5. The van der Waals surface area contributed by atoms with Crippen molar-refractivity contribution >= 4 is 34.4 Å². The fraction of sp³-hybridized carbons (Fsp3) is 0.333. The monoisotopic (exact) mass is 560 g/mol. The molecule has 4 rings (SSSR count). The zero-order chi connectivity index (χ0) is 29.1. The van der Waals surface area contributed by atoms with E-state index in [0.29, 0.717) is 28.8 Å². The minimum atomic E-state index is -0.751. The van der Waals surface area contributed by atoms with Crippen LogP contribution in [0.3, 0.4) is 0 Å². The van der Waals surface area contributed by atoms with Crippen molar-refractivity contribution in [1.29, 1.82) is 0 Å². The van der Waals surface area contributed by atoms with Gasteiger partial charge in [0.15, 0.2) is 6.10 Å². The van der Waals surface area contributed by atoms with Crippen molar-refractivity contribution in [2.75, 3.05) is 7.11 Å². The molecule has 3 aromatic carbocycles. The fourth-order valence-corrected chi connectivity index (χ4v) is 5.17. The summed E-state index contributed by atoms with van der Waals surface area (Å²) in [6.07, 6.45) is -0.751. The Morgan fingerprint density at radius 3 is 2.38 bits per heavy atom. The summed E-state index contributed by atoms with van der Waals surface area (Å²) < 4.78 is 12.7. The van der Waals surface area contributed by atoms with Gasteiger partial charge in [0.25, 0.3) is 5.91 Å². The van der Waals surface area contributed by atoms with Gasteiger partial charge >= 0.3 is 5.97 Å². The van der Waals surface area contributed by atoms with Crippen LogP contribution in [-0.4, -0.2) is 29.7 Å². The second-order valence-corrected chi connectivity index (χ2v) is 11.1. The molecule has 0 saturated carbocycles. The average molecular weight is 561 g/mol. The number of benzene rings is 3. The van der Waals surface area contributed by atoms with E-state index < -0.39 is 12.1 Å². The van der Waals surface area contributed by atoms with Crippen molar-refractivity contribution in [3.05, 3.63) is 99.2 Å². The zero-order valence-corrected chi connectivity index (χ0v) is 24.9. The number of fused-ring (bicyclic) bond motifs is 1. The first-order chi connectivity index (χ1) is 19.0. The van der Waals surface area contributed by atoms with Gasteiger partial charge in [-0.1, -0.05) is 49.7 Å². The van der Waals surface area contributed by atoms with E-state index in [9.17, 15) is 9.59 Å². The minimum Gasteiger partial charge on any atom is -0.479 e. The number of amides is 1. The van der Waals surface area contributed by atoms with E-state index in [-0.39, 0.29) is 11.9 Å². The molecule has 0 saturated heterocycles. The molecule has 0 bridgehead atoms. The first-order valence-corrected chi connectivity index (χ1v) is 13.9. The highest BCUT2D eigenvalue weighted by atomic mass is 35.5. The van der Waals surface area contributed by atoms with Gasteiger partial charge in [-0.25, -0.2) is 4.79 Å². The fourth-order valence-electron chi connectivity index (χ4n) is 4.93. The molecule has 0 aliphatic heterocycles. The number of aryl methyl sites for hydroxylation is 1. The lowest BCUT2D eigenvalue weighted by molar-refractivity contribution is -0.147. The van der Waals surface area contributed by atoms with Crippen LogP contribution in [0.4, 0.5) is 0 Å². The van der Waals surface area contributed by atoms with E-state index in [2.05, 4.69) is 55.8 Å². The molecule has 2 atom stereocenters. The van der Waals surface area contributed by atoms with Gasteiger partial charge in [0.1, 0.15) is 5.75 Å². The average Bonchev–Trinajstić information content (AvgIpc) is 3.16. The van der Waals surface area contributed by atoms with Crippen LogP contribution in [0, 0.1) is 13.8 Å². The van der Waals surface area contributed by atoms with Crippen molar-refractivity contribution in [3.63, 3.8) is 0 Å². The molecule has 0 aliphatic carbocycles. The molecular formula is C33H37ClN2O4. The lowest BCUT2D eigenvalue weighted by Crippen LogP contribution is -2.26.